The van der Waals surface area contributed by atoms with Crippen molar-refractivity contribution in [1.82, 2.24) is 0 Å². The van der Waals surface area contributed by atoms with Gasteiger partial charge in [0.2, 0.25) is 0 Å². The molecule has 7 unspecified atom stereocenters. The average molecular weight is 673 g/mol. The number of carbonyl (C=O) groups excluding carboxylic acids is 6. The molecule has 49 heavy (non-hydrogen) atoms. The smallest absolute Gasteiger partial charge is 0.308 e. The molecule has 2 aromatic rings. The lowest BCUT2D eigenvalue weighted by molar-refractivity contribution is -0.155. The molecule has 6 aliphatic rings. The molecular formula is C36H32O13. The number of carbonyl (C=O) groups is 6. The van der Waals surface area contributed by atoms with Gasteiger partial charge in [0, 0.05) is 47.1 Å². The fourth-order valence-electron chi connectivity index (χ4n) is 9.40. The summed E-state index contributed by atoms with van der Waals surface area (Å²) >= 11 is 0. The van der Waals surface area contributed by atoms with E-state index >= 15 is 0 Å². The monoisotopic (exact) mass is 672 g/mol. The molecule has 2 heterocycles. The number of fused-ring (bicyclic) bond motifs is 11. The van der Waals surface area contributed by atoms with Crippen LogP contribution < -0.4 is 0 Å². The molecule has 1 saturated heterocycles. The lowest BCUT2D eigenvalue weighted by Crippen LogP contribution is -2.41. The largest absolute Gasteiger partial charge is 0.507 e. The van der Waals surface area contributed by atoms with Crippen molar-refractivity contribution in [1.29, 1.82) is 0 Å². The van der Waals surface area contributed by atoms with Gasteiger partial charge in [-0.15, -0.1) is 0 Å². The standard InChI is InChI=1S/C36H32O13/c1-11-5-15-8-20(39)48-35(15)27-21(11)30(41)25-26(33(27)44)34(45)28-23(32(25)43)17-10-36(28,49-13(3)37)18-7-14-6-16(9-19(38)46-4)47-12(2)22(14)31(42)24(18)29(17)40/h7,11-12,15-17,35,41-42,44H,5-6,8-10H2,1-4H3. The van der Waals surface area contributed by atoms with E-state index in [2.05, 4.69) is 0 Å². The lowest BCUT2D eigenvalue weighted by atomic mass is 9.70. The number of phenolic OH excluding ortho intramolecular Hbond substituents is 3. The first-order valence-corrected chi connectivity index (χ1v) is 16.2. The Morgan fingerprint density at radius 1 is 0.939 bits per heavy atom. The molecule has 7 atom stereocenters. The number of benzene rings is 2. The van der Waals surface area contributed by atoms with Gasteiger partial charge < -0.3 is 34.3 Å². The van der Waals surface area contributed by atoms with E-state index in [0.717, 1.165) is 6.92 Å². The fraction of sp³-hybridized carbons (Fsp3) is 0.444. The number of methoxy groups -OCH3 is 1. The molecule has 8 rings (SSSR count). The van der Waals surface area contributed by atoms with Crippen molar-refractivity contribution in [2.75, 3.05) is 7.11 Å². The Morgan fingerprint density at radius 2 is 1.61 bits per heavy atom. The number of ether oxygens (including phenoxy) is 4. The zero-order valence-electron chi connectivity index (χ0n) is 27.0. The maximum atomic E-state index is 14.8. The van der Waals surface area contributed by atoms with Crippen LogP contribution in [0.25, 0.3) is 0 Å². The molecule has 1 fully saturated rings. The van der Waals surface area contributed by atoms with Crippen LogP contribution in [0, 0.1) is 11.8 Å². The summed E-state index contributed by atoms with van der Waals surface area (Å²) in [5.41, 5.74) is -2.93. The first-order chi connectivity index (χ1) is 23.2. The molecule has 254 valence electrons. The number of aromatic hydroxyl groups is 3. The van der Waals surface area contributed by atoms with E-state index in [-0.39, 0.29) is 70.6 Å². The number of hydrogen-bond donors (Lipinski definition) is 3. The van der Waals surface area contributed by atoms with E-state index in [0.29, 0.717) is 12.0 Å². The molecule has 2 bridgehead atoms. The van der Waals surface area contributed by atoms with Crippen molar-refractivity contribution >= 4 is 35.3 Å². The summed E-state index contributed by atoms with van der Waals surface area (Å²) in [6.45, 7) is 4.52. The first-order valence-electron chi connectivity index (χ1n) is 16.2. The highest BCUT2D eigenvalue weighted by Crippen LogP contribution is 2.63. The number of rotatable bonds is 3. The van der Waals surface area contributed by atoms with Crippen LogP contribution in [0.4, 0.5) is 0 Å². The van der Waals surface area contributed by atoms with Crippen LogP contribution in [0.5, 0.6) is 17.2 Å². The number of ketones is 3. The third-order valence-electron chi connectivity index (χ3n) is 11.1. The van der Waals surface area contributed by atoms with E-state index in [1.807, 2.05) is 0 Å². The molecule has 3 N–H and O–H groups in total. The second-order valence-electron chi connectivity index (χ2n) is 13.9. The third kappa shape index (κ3) is 3.96. The minimum atomic E-state index is -2.03. The second-order valence-corrected chi connectivity index (χ2v) is 13.9. The predicted molar refractivity (Wildman–Crippen MR) is 163 cm³/mol. The van der Waals surface area contributed by atoms with Gasteiger partial charge in [-0.05, 0) is 37.3 Å². The first kappa shape index (κ1) is 31.2. The van der Waals surface area contributed by atoms with Crippen LogP contribution >= 0.6 is 0 Å². The van der Waals surface area contributed by atoms with Crippen LogP contribution in [0.1, 0.15) is 123 Å². The Hall–Kier alpha value is -5.04. The molecule has 2 aliphatic heterocycles. The summed E-state index contributed by atoms with van der Waals surface area (Å²) < 4.78 is 22.3. The summed E-state index contributed by atoms with van der Waals surface area (Å²) in [6.07, 6.45) is -2.20. The van der Waals surface area contributed by atoms with Crippen LogP contribution in [0.2, 0.25) is 0 Å². The molecule has 2 aromatic carbocycles. The van der Waals surface area contributed by atoms with Crippen molar-refractivity contribution in [3.63, 3.8) is 0 Å². The summed E-state index contributed by atoms with van der Waals surface area (Å²) in [6, 6.07) is 1.54. The zero-order valence-corrected chi connectivity index (χ0v) is 27.0. The highest BCUT2D eigenvalue weighted by atomic mass is 16.6. The number of allylic oxidation sites excluding steroid dienone is 1. The maximum Gasteiger partial charge on any atom is 0.308 e. The topological polar surface area (TPSA) is 200 Å². The number of phenols is 3. The van der Waals surface area contributed by atoms with Gasteiger partial charge in [0.1, 0.15) is 23.4 Å². The van der Waals surface area contributed by atoms with Crippen LogP contribution in [-0.4, -0.2) is 63.8 Å². The maximum absolute atomic E-state index is 14.8. The normalized spacial score (nSPS) is 30.4. The Morgan fingerprint density at radius 3 is 2.31 bits per heavy atom. The quantitative estimate of drug-likeness (QED) is 0.242. The van der Waals surface area contributed by atoms with Gasteiger partial charge in [-0.2, -0.15) is 0 Å². The minimum Gasteiger partial charge on any atom is -0.507 e. The van der Waals surface area contributed by atoms with E-state index in [1.54, 1.807) is 19.9 Å². The van der Waals surface area contributed by atoms with E-state index in [9.17, 15) is 44.1 Å². The van der Waals surface area contributed by atoms with Gasteiger partial charge in [0.15, 0.2) is 23.0 Å². The van der Waals surface area contributed by atoms with Crippen LogP contribution in [0.3, 0.4) is 0 Å². The molecule has 13 nitrogen and oxygen atoms in total. The lowest BCUT2D eigenvalue weighted by Gasteiger charge is -2.39. The number of Topliss-reactive ketones (excluding diaryl/α,β-unsaturated/α-hetero) is 3. The number of esters is 3. The van der Waals surface area contributed by atoms with E-state index < -0.39 is 99.4 Å². The Balaban J connectivity index is 1.35. The summed E-state index contributed by atoms with van der Waals surface area (Å²) in [4.78, 5) is 80.9. The molecule has 13 heteroatoms. The minimum absolute atomic E-state index is 0.0131. The van der Waals surface area contributed by atoms with E-state index in [4.69, 9.17) is 18.9 Å². The fourth-order valence-corrected chi connectivity index (χ4v) is 9.40. The van der Waals surface area contributed by atoms with Crippen molar-refractivity contribution in [2.45, 2.75) is 82.7 Å². The highest BCUT2D eigenvalue weighted by molar-refractivity contribution is 6.33. The highest BCUT2D eigenvalue weighted by Gasteiger charge is 2.64. The van der Waals surface area contributed by atoms with Crippen LogP contribution in [0.15, 0.2) is 17.2 Å². The average Bonchev–Trinajstić information content (AvgIpc) is 3.55. The molecule has 0 aromatic heterocycles. The molecule has 0 saturated carbocycles. The summed E-state index contributed by atoms with van der Waals surface area (Å²) in [5.74, 6) is -8.09. The predicted octanol–water partition coefficient (Wildman–Crippen LogP) is 3.83. The van der Waals surface area contributed by atoms with Gasteiger partial charge in [0.25, 0.3) is 0 Å². The summed E-state index contributed by atoms with van der Waals surface area (Å²) in [5, 5.41) is 35.2. The third-order valence-corrected chi connectivity index (χ3v) is 11.1. The molecule has 0 amide bonds. The Bertz CT molecular complexity index is 2040. The van der Waals surface area contributed by atoms with Gasteiger partial charge in [-0.25, -0.2) is 0 Å². The van der Waals surface area contributed by atoms with Gasteiger partial charge in [-0.3, -0.25) is 28.8 Å². The van der Waals surface area contributed by atoms with Gasteiger partial charge >= 0.3 is 17.9 Å². The van der Waals surface area contributed by atoms with Crippen molar-refractivity contribution in [2.24, 2.45) is 11.8 Å². The van der Waals surface area contributed by atoms with Crippen molar-refractivity contribution in [3.8, 4) is 17.2 Å². The Kier molecular flexibility index (Phi) is 6.53. The number of hydrogen-bond acceptors (Lipinski definition) is 13. The van der Waals surface area contributed by atoms with Crippen molar-refractivity contribution < 1.29 is 63.0 Å². The van der Waals surface area contributed by atoms with Gasteiger partial charge in [0.05, 0.1) is 60.3 Å². The van der Waals surface area contributed by atoms with Crippen LogP contribution in [-0.2, 0) is 45.4 Å². The summed E-state index contributed by atoms with van der Waals surface area (Å²) in [7, 11) is 1.24. The molecular weight excluding hydrogens is 640 g/mol. The molecule has 4 aliphatic carbocycles. The van der Waals surface area contributed by atoms with Gasteiger partial charge in [-0.1, -0.05) is 6.92 Å². The Labute approximate surface area is 278 Å². The second kappa shape index (κ2) is 10.2. The van der Waals surface area contributed by atoms with Crippen molar-refractivity contribution in [3.05, 3.63) is 61.7 Å². The molecule has 0 radical (unpaired) electrons. The van der Waals surface area contributed by atoms with E-state index in [1.165, 1.54) is 7.11 Å². The molecule has 0 spiro atoms. The zero-order chi connectivity index (χ0) is 35.0. The SMILES string of the molecule is COC(=O)CC1Cc2cc3c(c(O)c2C(C)O1)C(=O)C1CC3(OC(C)=O)C2=C1C(=O)c1c(O)c3c(c(O)c1C2=O)C1OC(=O)CC1CC3C.